The number of isothiocyanates is 2. The molecular weight excluding hydrogens is 298 g/mol. The van der Waals surface area contributed by atoms with Crippen LogP contribution in [0.1, 0.15) is 16.8 Å². The van der Waals surface area contributed by atoms with Crippen LogP contribution >= 0.6 is 24.4 Å². The second kappa shape index (κ2) is 7.49. The van der Waals surface area contributed by atoms with Gasteiger partial charge in [0, 0.05) is 5.56 Å². The van der Waals surface area contributed by atoms with Crippen molar-refractivity contribution in [2.75, 3.05) is 0 Å². The lowest BCUT2D eigenvalue weighted by atomic mass is 10.00. The van der Waals surface area contributed by atoms with Gasteiger partial charge < -0.3 is 10.8 Å². The van der Waals surface area contributed by atoms with E-state index in [2.05, 4.69) is 44.7 Å². The number of benzene rings is 1. The average molecular weight is 307 g/mol. The third kappa shape index (κ3) is 3.96. The number of para-hydroxylation sites is 1. The van der Waals surface area contributed by atoms with Gasteiger partial charge in [0.2, 0.25) is 0 Å². The molecule has 0 aliphatic rings. The van der Waals surface area contributed by atoms with Crippen molar-refractivity contribution >= 4 is 57.9 Å². The van der Waals surface area contributed by atoms with E-state index in [4.69, 9.17) is 10.8 Å². The molecule has 1 aromatic rings. The molecule has 0 aromatic heterocycles. The number of rotatable bonds is 6. The van der Waals surface area contributed by atoms with Gasteiger partial charge in [-0.3, -0.25) is 9.59 Å². The van der Waals surface area contributed by atoms with Crippen molar-refractivity contribution < 1.29 is 14.7 Å². The molecule has 1 rings (SSSR count). The van der Waals surface area contributed by atoms with Crippen LogP contribution in [0.4, 0.5) is 11.4 Å². The van der Waals surface area contributed by atoms with E-state index in [1.54, 1.807) is 12.1 Å². The van der Waals surface area contributed by atoms with Crippen molar-refractivity contribution in [3.8, 4) is 0 Å². The molecule has 0 amide bonds. The largest absolute Gasteiger partial charge is 0.481 e. The summed E-state index contributed by atoms with van der Waals surface area (Å²) in [5.41, 5.74) is 6.09. The van der Waals surface area contributed by atoms with E-state index in [0.717, 1.165) is 0 Å². The monoisotopic (exact) mass is 307 g/mol. The molecular formula is C12H9N3O3S2. The number of carboxylic acids is 1. The topological polar surface area (TPSA) is 105 Å². The molecule has 0 saturated heterocycles. The highest BCUT2D eigenvalue weighted by molar-refractivity contribution is 7.78. The lowest BCUT2D eigenvalue weighted by Gasteiger charge is -2.10. The van der Waals surface area contributed by atoms with E-state index in [9.17, 15) is 9.59 Å². The van der Waals surface area contributed by atoms with Crippen LogP contribution < -0.4 is 5.73 Å². The predicted octanol–water partition coefficient (Wildman–Crippen LogP) is 2.14. The summed E-state index contributed by atoms with van der Waals surface area (Å²) in [6, 6.07) is 3.38. The molecule has 0 saturated carbocycles. The van der Waals surface area contributed by atoms with E-state index < -0.39 is 24.2 Å². The van der Waals surface area contributed by atoms with E-state index in [1.807, 2.05) is 0 Å². The highest BCUT2D eigenvalue weighted by atomic mass is 32.1. The standard InChI is InChI=1S/C12H9N3O3S2/c13-8(4-10(16)17)12(18)7-2-1-3-9(14-5-19)11(7)15-6-20/h1-3,8H,4,13H2,(H,16,17)/t8-/m0/s1. The lowest BCUT2D eigenvalue weighted by Crippen LogP contribution is -2.33. The first-order chi connectivity index (χ1) is 9.51. The number of ketones is 1. The molecule has 6 nitrogen and oxygen atoms in total. The third-order valence-electron chi connectivity index (χ3n) is 2.34. The number of aliphatic carboxylic acids is 1. The molecule has 1 aromatic carbocycles. The Morgan fingerprint density at radius 2 is 1.95 bits per heavy atom. The van der Waals surface area contributed by atoms with Gasteiger partial charge in [-0.25, -0.2) is 0 Å². The van der Waals surface area contributed by atoms with Crippen LogP contribution in [0.5, 0.6) is 0 Å². The number of carbonyl (C=O) groups is 2. The smallest absolute Gasteiger partial charge is 0.305 e. The molecule has 1 atom stereocenters. The predicted molar refractivity (Wildman–Crippen MR) is 80.4 cm³/mol. The van der Waals surface area contributed by atoms with Crippen LogP contribution in [0.2, 0.25) is 0 Å². The zero-order valence-electron chi connectivity index (χ0n) is 10.1. The van der Waals surface area contributed by atoms with Gasteiger partial charge in [0.05, 0.1) is 22.8 Å². The molecule has 3 N–H and O–H groups in total. The van der Waals surface area contributed by atoms with Gasteiger partial charge in [0.1, 0.15) is 11.4 Å². The van der Waals surface area contributed by atoms with E-state index in [-0.39, 0.29) is 16.9 Å². The number of aliphatic imine (C=N–C) groups is 2. The summed E-state index contributed by atoms with van der Waals surface area (Å²) in [7, 11) is 0. The Kier molecular flexibility index (Phi) is 5.99. The number of thiocarbonyl (C=S) groups is 2. The van der Waals surface area contributed by atoms with E-state index >= 15 is 0 Å². The minimum Gasteiger partial charge on any atom is -0.481 e. The molecule has 0 bridgehead atoms. The van der Waals surface area contributed by atoms with Gasteiger partial charge in [0.25, 0.3) is 0 Å². The zero-order chi connectivity index (χ0) is 15.1. The minimum absolute atomic E-state index is 0.114. The Morgan fingerprint density at radius 1 is 1.30 bits per heavy atom. The number of nitrogens with two attached hydrogens (primary N) is 1. The summed E-state index contributed by atoms with van der Waals surface area (Å²) in [5, 5.41) is 13.0. The Labute approximate surface area is 125 Å². The average Bonchev–Trinajstić information content (AvgIpc) is 2.39. The Morgan fingerprint density at radius 3 is 2.50 bits per heavy atom. The van der Waals surface area contributed by atoms with Crippen molar-refractivity contribution in [2.45, 2.75) is 12.5 Å². The van der Waals surface area contributed by atoms with E-state index in [1.165, 1.54) is 6.07 Å². The molecule has 20 heavy (non-hydrogen) atoms. The Bertz CT molecular complexity index is 647. The van der Waals surface area contributed by atoms with Gasteiger partial charge in [0.15, 0.2) is 5.78 Å². The second-order valence-electron chi connectivity index (χ2n) is 3.65. The maximum atomic E-state index is 12.1. The maximum absolute atomic E-state index is 12.1. The summed E-state index contributed by atoms with van der Waals surface area (Å²) < 4.78 is 0. The molecule has 0 aliphatic carbocycles. The number of hydrogen-bond acceptors (Lipinski definition) is 7. The van der Waals surface area contributed by atoms with Crippen LogP contribution in [-0.2, 0) is 4.79 Å². The first kappa shape index (κ1) is 16.0. The third-order valence-corrected chi connectivity index (χ3v) is 2.52. The van der Waals surface area contributed by atoms with Crippen molar-refractivity contribution in [3.63, 3.8) is 0 Å². The molecule has 0 heterocycles. The minimum atomic E-state index is -1.18. The SMILES string of the molecule is N[C@@H](CC(=O)O)C(=O)c1cccc(N=C=S)c1N=C=S. The van der Waals surface area contributed by atoms with Crippen molar-refractivity contribution in [1.82, 2.24) is 0 Å². The fourth-order valence-corrected chi connectivity index (χ4v) is 1.70. The van der Waals surface area contributed by atoms with Gasteiger partial charge in [-0.1, -0.05) is 6.07 Å². The molecule has 8 heteroatoms. The number of carbonyl (C=O) groups excluding carboxylic acids is 1. The van der Waals surface area contributed by atoms with Crippen molar-refractivity contribution in [1.29, 1.82) is 0 Å². The number of Topliss-reactive ketones (excluding diaryl/α,β-unsaturated/α-hetero) is 1. The summed E-state index contributed by atoms with van der Waals surface area (Å²) in [6.07, 6.45) is -0.486. The maximum Gasteiger partial charge on any atom is 0.305 e. The van der Waals surface area contributed by atoms with E-state index in [0.29, 0.717) is 0 Å². The summed E-state index contributed by atoms with van der Waals surface area (Å²) in [4.78, 5) is 30.3. The van der Waals surface area contributed by atoms with Gasteiger partial charge in [-0.05, 0) is 36.6 Å². The molecule has 0 fully saturated rings. The normalized spacial score (nSPS) is 10.8. The van der Waals surface area contributed by atoms with Gasteiger partial charge in [-0.15, -0.1) is 0 Å². The molecule has 0 radical (unpaired) electrons. The highest BCUT2D eigenvalue weighted by Gasteiger charge is 2.22. The van der Waals surface area contributed by atoms with Crippen molar-refractivity contribution in [2.24, 2.45) is 15.7 Å². The molecule has 102 valence electrons. The van der Waals surface area contributed by atoms with Crippen LogP contribution in [0.25, 0.3) is 0 Å². The summed E-state index contributed by atoms with van der Waals surface area (Å²) >= 11 is 9.02. The lowest BCUT2D eigenvalue weighted by molar-refractivity contribution is -0.137. The molecule has 0 unspecified atom stereocenters. The summed E-state index contributed by atoms with van der Waals surface area (Å²) in [5.74, 6) is -1.74. The first-order valence-corrected chi connectivity index (χ1v) is 6.13. The number of hydrogen-bond donors (Lipinski definition) is 2. The van der Waals surface area contributed by atoms with Crippen LogP contribution in [0.15, 0.2) is 28.2 Å². The second-order valence-corrected chi connectivity index (χ2v) is 4.01. The van der Waals surface area contributed by atoms with Crippen LogP contribution in [0, 0.1) is 0 Å². The number of carboxylic acid groups (broad SMARTS) is 1. The Hall–Kier alpha value is -2.08. The first-order valence-electron chi connectivity index (χ1n) is 5.31. The van der Waals surface area contributed by atoms with Crippen molar-refractivity contribution in [3.05, 3.63) is 23.8 Å². The van der Waals surface area contributed by atoms with Gasteiger partial charge >= 0.3 is 5.97 Å². The summed E-state index contributed by atoms with van der Waals surface area (Å²) in [6.45, 7) is 0. The number of nitrogens with zero attached hydrogens (tertiary/aromatic N) is 2. The fourth-order valence-electron chi connectivity index (χ4n) is 1.51. The molecule has 0 spiro atoms. The van der Waals surface area contributed by atoms with Crippen LogP contribution in [0.3, 0.4) is 0 Å². The van der Waals surface area contributed by atoms with Gasteiger partial charge in [-0.2, -0.15) is 9.98 Å². The highest BCUT2D eigenvalue weighted by Crippen LogP contribution is 2.32. The molecule has 0 aliphatic heterocycles. The Balaban J connectivity index is 3.33. The quantitative estimate of drug-likeness (QED) is 0.474. The fraction of sp³-hybridized carbons (Fsp3) is 0.167. The zero-order valence-corrected chi connectivity index (χ0v) is 11.7. The van der Waals surface area contributed by atoms with Crippen LogP contribution in [-0.4, -0.2) is 33.2 Å².